The summed E-state index contributed by atoms with van der Waals surface area (Å²) in [6.45, 7) is -0.800. The van der Waals surface area contributed by atoms with Gasteiger partial charge in [-0.3, -0.25) is 15.1 Å². The number of hydrogen-bond donors (Lipinski definition) is 1. The number of alkyl halides is 3. The highest BCUT2D eigenvalue weighted by molar-refractivity contribution is 7.21. The molecule has 1 aliphatic rings. The number of amides is 1. The van der Waals surface area contributed by atoms with Crippen LogP contribution in [0, 0.1) is 17.8 Å². The summed E-state index contributed by atoms with van der Waals surface area (Å²) in [6, 6.07) is 5.44. The smallest absolute Gasteiger partial charge is 0.280 e. The molecule has 7 nitrogen and oxygen atoms in total. The molecule has 3 heterocycles. The quantitative estimate of drug-likeness (QED) is 0.342. The fourth-order valence-electron chi connectivity index (χ4n) is 3.45. The summed E-state index contributed by atoms with van der Waals surface area (Å²) >= 11 is 1.13. The molecule has 0 bridgehead atoms. The van der Waals surface area contributed by atoms with Gasteiger partial charge in [0.15, 0.2) is 15.6 Å². The van der Waals surface area contributed by atoms with Crippen LogP contribution in [0.5, 0.6) is 5.75 Å². The van der Waals surface area contributed by atoms with Crippen LogP contribution in [0.1, 0.15) is 46.6 Å². The van der Waals surface area contributed by atoms with Crippen molar-refractivity contribution < 1.29 is 22.7 Å². The number of thiazole rings is 1. The molecule has 0 atom stereocenters. The summed E-state index contributed by atoms with van der Waals surface area (Å²) in [5, 5.41) is 2.95. The summed E-state index contributed by atoms with van der Waals surface area (Å²) in [5.41, 5.74) is 1.19. The van der Waals surface area contributed by atoms with Crippen LogP contribution in [0.15, 0.2) is 36.7 Å². The Morgan fingerprint density at radius 3 is 2.75 bits per heavy atom. The van der Waals surface area contributed by atoms with Crippen LogP contribution >= 0.6 is 11.3 Å². The fourth-order valence-corrected chi connectivity index (χ4v) is 4.24. The van der Waals surface area contributed by atoms with Gasteiger partial charge in [-0.05, 0) is 48.1 Å². The molecular formula is C25H18F3N5O2S. The van der Waals surface area contributed by atoms with Crippen molar-refractivity contribution in [3.8, 4) is 28.7 Å². The van der Waals surface area contributed by atoms with Gasteiger partial charge in [0.25, 0.3) is 12.3 Å². The van der Waals surface area contributed by atoms with Crippen LogP contribution in [-0.2, 0) is 6.67 Å². The number of pyridine rings is 1. The van der Waals surface area contributed by atoms with Gasteiger partial charge in [0, 0.05) is 17.0 Å². The van der Waals surface area contributed by atoms with E-state index in [9.17, 15) is 18.0 Å². The van der Waals surface area contributed by atoms with E-state index < -0.39 is 24.7 Å². The average molecular weight is 510 g/mol. The number of methoxy groups -OCH3 is 1. The highest BCUT2D eigenvalue weighted by Crippen LogP contribution is 2.36. The first kappa shape index (κ1) is 23.7. The third kappa shape index (κ3) is 4.99. The van der Waals surface area contributed by atoms with Gasteiger partial charge in [-0.25, -0.2) is 23.1 Å². The van der Waals surface area contributed by atoms with Crippen LogP contribution < -0.4 is 10.1 Å². The molecule has 11 heteroatoms. The Balaban J connectivity index is 1.49. The van der Waals surface area contributed by atoms with E-state index in [0.29, 0.717) is 22.1 Å². The number of halogens is 3. The first-order chi connectivity index (χ1) is 17.4. The van der Waals surface area contributed by atoms with Gasteiger partial charge < -0.3 is 4.74 Å². The van der Waals surface area contributed by atoms with Crippen LogP contribution in [0.4, 0.5) is 18.3 Å². The van der Waals surface area contributed by atoms with Crippen molar-refractivity contribution >= 4 is 32.9 Å². The molecule has 5 rings (SSSR count). The fraction of sp³-hybridized carbons (Fsp3) is 0.240. The molecule has 0 aliphatic heterocycles. The minimum Gasteiger partial charge on any atom is -0.494 e. The zero-order chi connectivity index (χ0) is 25.2. The number of nitrogens with one attached hydrogen (secondary N) is 1. The largest absolute Gasteiger partial charge is 0.494 e. The van der Waals surface area contributed by atoms with Crippen molar-refractivity contribution in [3.63, 3.8) is 0 Å². The predicted octanol–water partition coefficient (Wildman–Crippen LogP) is 5.58. The molecule has 3 aromatic heterocycles. The molecule has 1 saturated carbocycles. The third-order valence-electron chi connectivity index (χ3n) is 5.43. The molecule has 0 unspecified atom stereocenters. The lowest BCUT2D eigenvalue weighted by Gasteiger charge is -2.15. The van der Waals surface area contributed by atoms with E-state index >= 15 is 0 Å². The number of carbonyl (C=O) groups excluding carboxylic acids is 1. The zero-order valence-corrected chi connectivity index (χ0v) is 19.7. The van der Waals surface area contributed by atoms with Crippen LogP contribution in [0.3, 0.4) is 0 Å². The first-order valence-electron chi connectivity index (χ1n) is 10.9. The van der Waals surface area contributed by atoms with E-state index in [1.165, 1.54) is 31.5 Å². The van der Waals surface area contributed by atoms with E-state index in [4.69, 9.17) is 4.74 Å². The molecule has 1 aliphatic carbocycles. The van der Waals surface area contributed by atoms with E-state index in [-0.39, 0.29) is 33.1 Å². The second kappa shape index (κ2) is 9.91. The van der Waals surface area contributed by atoms with Gasteiger partial charge >= 0.3 is 0 Å². The number of fused-ring (bicyclic) bond motifs is 1. The van der Waals surface area contributed by atoms with E-state index in [1.54, 1.807) is 0 Å². The molecule has 1 fully saturated rings. The van der Waals surface area contributed by atoms with Crippen molar-refractivity contribution in [2.45, 2.75) is 25.9 Å². The van der Waals surface area contributed by atoms with Crippen molar-refractivity contribution in [1.29, 1.82) is 0 Å². The number of ether oxygens (including phenoxy) is 1. The Morgan fingerprint density at radius 1 is 1.19 bits per heavy atom. The molecule has 0 spiro atoms. The molecule has 182 valence electrons. The van der Waals surface area contributed by atoms with Crippen molar-refractivity contribution in [2.24, 2.45) is 5.92 Å². The number of hydrogen-bond acceptors (Lipinski definition) is 7. The predicted molar refractivity (Wildman–Crippen MR) is 129 cm³/mol. The molecule has 1 N–H and O–H groups in total. The topological polar surface area (TPSA) is 89.9 Å². The van der Waals surface area contributed by atoms with Crippen molar-refractivity contribution in [1.82, 2.24) is 19.9 Å². The second-order valence-electron chi connectivity index (χ2n) is 8.02. The molecule has 36 heavy (non-hydrogen) atoms. The highest BCUT2D eigenvalue weighted by atomic mass is 32.1. The maximum atomic E-state index is 13.4. The van der Waals surface area contributed by atoms with Gasteiger partial charge in [0.2, 0.25) is 0 Å². The van der Waals surface area contributed by atoms with Crippen molar-refractivity contribution in [2.75, 3.05) is 12.4 Å². The van der Waals surface area contributed by atoms with Crippen LogP contribution in [-0.4, -0.2) is 33.0 Å². The third-order valence-corrected chi connectivity index (χ3v) is 6.28. The van der Waals surface area contributed by atoms with Crippen molar-refractivity contribution in [3.05, 3.63) is 59.2 Å². The van der Waals surface area contributed by atoms with Gasteiger partial charge in [0.05, 0.1) is 19.5 Å². The van der Waals surface area contributed by atoms with Crippen LogP contribution in [0.2, 0.25) is 0 Å². The van der Waals surface area contributed by atoms with Gasteiger partial charge in [-0.2, -0.15) is 4.98 Å². The average Bonchev–Trinajstić information content (AvgIpc) is 3.64. The molecular weight excluding hydrogens is 491 g/mol. The standard InChI is InChI=1S/C25H18F3N5O2S/c1-35-20-12-29-19(21(27)28)9-18(20)17-8-14(10-26)5-7-16(17)23(34)33-25-32-22-24(36-25)31-15(11-30-22)6-4-13-2-3-13/h5,7-9,11-13,21H,2-3,10H2,1H3,(H,30,32,33,34). The molecule has 1 aromatic carbocycles. The first-order valence-corrected chi connectivity index (χ1v) is 11.7. The normalized spacial score (nSPS) is 12.9. The number of anilines is 1. The SMILES string of the molecule is COc1cnc(C(F)F)cc1-c1cc(CF)ccc1C(=O)Nc1nc2ncc(C#CC3CC3)nc2s1. The minimum absolute atomic E-state index is 0.119. The maximum Gasteiger partial charge on any atom is 0.280 e. The monoisotopic (exact) mass is 509 g/mol. The molecule has 4 aromatic rings. The molecule has 0 saturated heterocycles. The number of rotatable bonds is 6. The summed E-state index contributed by atoms with van der Waals surface area (Å²) in [7, 11) is 1.35. The Labute approximate surface area is 207 Å². The number of carbonyl (C=O) groups is 1. The summed E-state index contributed by atoms with van der Waals surface area (Å²) in [5.74, 6) is 6.14. The van der Waals surface area contributed by atoms with E-state index in [0.717, 1.165) is 36.4 Å². The summed E-state index contributed by atoms with van der Waals surface area (Å²) in [6.07, 6.45) is 2.05. The zero-order valence-electron chi connectivity index (χ0n) is 18.9. The van der Waals surface area contributed by atoms with E-state index in [1.807, 2.05) is 0 Å². The Morgan fingerprint density at radius 2 is 2.03 bits per heavy atom. The molecule has 1 amide bonds. The lowest BCUT2D eigenvalue weighted by Crippen LogP contribution is -2.13. The second-order valence-corrected chi connectivity index (χ2v) is 9.00. The van der Waals surface area contributed by atoms with Gasteiger partial charge in [-0.15, -0.1) is 0 Å². The summed E-state index contributed by atoms with van der Waals surface area (Å²) in [4.78, 5) is 30.5. The van der Waals surface area contributed by atoms with E-state index in [2.05, 4.69) is 37.1 Å². The number of benzene rings is 1. The maximum absolute atomic E-state index is 13.4. The number of nitrogens with zero attached hydrogens (tertiary/aromatic N) is 4. The Hall–Kier alpha value is -4.04. The highest BCUT2D eigenvalue weighted by Gasteiger charge is 2.21. The Bertz CT molecular complexity index is 1530. The van der Waals surface area contributed by atoms with Gasteiger partial charge in [0.1, 0.15) is 23.8 Å². The Kier molecular flexibility index (Phi) is 6.52. The van der Waals surface area contributed by atoms with Gasteiger partial charge in [-0.1, -0.05) is 23.3 Å². The lowest BCUT2D eigenvalue weighted by atomic mass is 9.96. The lowest BCUT2D eigenvalue weighted by molar-refractivity contribution is 0.102. The van der Waals surface area contributed by atoms with Crippen LogP contribution in [0.25, 0.3) is 21.6 Å². The molecule has 0 radical (unpaired) electrons. The number of aromatic nitrogens is 4. The summed E-state index contributed by atoms with van der Waals surface area (Å²) < 4.78 is 45.4. The minimum atomic E-state index is -2.84.